The van der Waals surface area contributed by atoms with Crippen LogP contribution in [-0.4, -0.2) is 47.0 Å². The lowest BCUT2D eigenvalue weighted by Crippen LogP contribution is -2.41. The van der Waals surface area contributed by atoms with Gasteiger partial charge >= 0.3 is 0 Å². The zero-order valence-corrected chi connectivity index (χ0v) is 17.4. The van der Waals surface area contributed by atoms with Crippen molar-refractivity contribution in [3.8, 4) is 23.0 Å². The van der Waals surface area contributed by atoms with Gasteiger partial charge in [0, 0.05) is 31.3 Å². The van der Waals surface area contributed by atoms with E-state index in [0.29, 0.717) is 42.0 Å². The van der Waals surface area contributed by atoms with E-state index in [0.717, 1.165) is 5.56 Å². The van der Waals surface area contributed by atoms with Gasteiger partial charge in [-0.3, -0.25) is 4.99 Å². The van der Waals surface area contributed by atoms with Crippen LogP contribution in [0.25, 0.3) is 0 Å². The minimum Gasteiger partial charge on any atom is -0.496 e. The fourth-order valence-electron chi connectivity index (χ4n) is 2.68. The molecule has 2 N–H and O–H groups in total. The van der Waals surface area contributed by atoms with E-state index in [1.807, 2.05) is 13.0 Å². The minimum absolute atomic E-state index is 0.189. The monoisotopic (exact) mass is 405 g/mol. The van der Waals surface area contributed by atoms with E-state index in [4.69, 9.17) is 18.9 Å². The molecule has 0 amide bonds. The molecule has 0 aromatic heterocycles. The van der Waals surface area contributed by atoms with E-state index >= 15 is 0 Å². The van der Waals surface area contributed by atoms with Crippen LogP contribution < -0.4 is 29.6 Å². The van der Waals surface area contributed by atoms with Gasteiger partial charge in [-0.25, -0.2) is 4.39 Å². The predicted molar refractivity (Wildman–Crippen MR) is 111 cm³/mol. The molecular formula is C21H28FN3O4. The van der Waals surface area contributed by atoms with Gasteiger partial charge in [0.05, 0.1) is 27.9 Å². The number of methoxy groups -OCH3 is 3. The average Bonchev–Trinajstić information content (AvgIpc) is 2.73. The number of hydrogen-bond acceptors (Lipinski definition) is 5. The van der Waals surface area contributed by atoms with E-state index in [-0.39, 0.29) is 11.9 Å². The molecule has 2 rings (SSSR count). The third kappa shape index (κ3) is 6.44. The Balaban J connectivity index is 1.93. The smallest absolute Gasteiger partial charge is 0.191 e. The van der Waals surface area contributed by atoms with E-state index in [1.165, 1.54) is 12.1 Å². The molecule has 2 aromatic carbocycles. The highest BCUT2D eigenvalue weighted by Crippen LogP contribution is 2.34. The summed E-state index contributed by atoms with van der Waals surface area (Å²) in [5.41, 5.74) is 0.886. The minimum atomic E-state index is -0.330. The van der Waals surface area contributed by atoms with Crippen LogP contribution in [-0.2, 0) is 6.54 Å². The second-order valence-electron chi connectivity index (χ2n) is 6.21. The third-order valence-corrected chi connectivity index (χ3v) is 4.15. The number of halogens is 1. The first-order chi connectivity index (χ1) is 14.0. The summed E-state index contributed by atoms with van der Waals surface area (Å²) in [5, 5.41) is 6.41. The molecule has 8 heteroatoms. The van der Waals surface area contributed by atoms with Crippen molar-refractivity contribution in [1.82, 2.24) is 10.6 Å². The number of guanidine groups is 1. The van der Waals surface area contributed by atoms with Crippen LogP contribution >= 0.6 is 0 Å². The van der Waals surface area contributed by atoms with Crippen molar-refractivity contribution in [2.45, 2.75) is 19.6 Å². The molecule has 158 valence electrons. The number of nitrogens with one attached hydrogen (secondary N) is 2. The Bertz CT molecular complexity index is 830. The van der Waals surface area contributed by atoms with Crippen LogP contribution in [0.15, 0.2) is 41.4 Å². The van der Waals surface area contributed by atoms with Crippen LogP contribution in [0.1, 0.15) is 12.5 Å². The van der Waals surface area contributed by atoms with Crippen LogP contribution in [0.2, 0.25) is 0 Å². The van der Waals surface area contributed by atoms with Crippen LogP contribution in [0.4, 0.5) is 4.39 Å². The molecule has 0 spiro atoms. The fraction of sp³-hybridized carbons (Fsp3) is 0.381. The van der Waals surface area contributed by atoms with Crippen LogP contribution in [0.3, 0.4) is 0 Å². The van der Waals surface area contributed by atoms with Crippen molar-refractivity contribution < 1.29 is 23.3 Å². The van der Waals surface area contributed by atoms with Gasteiger partial charge in [0.25, 0.3) is 0 Å². The zero-order valence-electron chi connectivity index (χ0n) is 17.4. The van der Waals surface area contributed by atoms with Gasteiger partial charge in [-0.2, -0.15) is 0 Å². The number of benzene rings is 2. The summed E-state index contributed by atoms with van der Waals surface area (Å²) in [5.74, 6) is 2.63. The first-order valence-electron chi connectivity index (χ1n) is 9.16. The molecule has 7 nitrogen and oxygen atoms in total. The number of ether oxygens (including phenoxy) is 4. The maximum atomic E-state index is 13.3. The van der Waals surface area contributed by atoms with Crippen molar-refractivity contribution in [3.63, 3.8) is 0 Å². The number of hydrogen-bond donors (Lipinski definition) is 2. The lowest BCUT2D eigenvalue weighted by Gasteiger charge is -2.19. The van der Waals surface area contributed by atoms with Crippen molar-refractivity contribution in [1.29, 1.82) is 0 Å². The molecule has 0 radical (unpaired) electrons. The molecule has 0 aliphatic heterocycles. The Labute approximate surface area is 170 Å². The Morgan fingerprint density at radius 3 is 2.31 bits per heavy atom. The van der Waals surface area contributed by atoms with Gasteiger partial charge in [0.1, 0.15) is 23.4 Å². The fourth-order valence-corrected chi connectivity index (χ4v) is 2.68. The van der Waals surface area contributed by atoms with Gasteiger partial charge in [-0.05, 0) is 25.1 Å². The SMILES string of the molecule is CN=C(NCc1cc(OC)c(OC)cc1OC)NCC(C)Oc1cccc(F)c1. The normalized spacial score (nSPS) is 12.1. The second-order valence-corrected chi connectivity index (χ2v) is 6.21. The Morgan fingerprint density at radius 1 is 1.00 bits per heavy atom. The quantitative estimate of drug-likeness (QED) is 0.494. The van der Waals surface area contributed by atoms with E-state index in [2.05, 4.69) is 15.6 Å². The van der Waals surface area contributed by atoms with Gasteiger partial charge in [-0.1, -0.05) is 6.07 Å². The van der Waals surface area contributed by atoms with E-state index in [9.17, 15) is 4.39 Å². The average molecular weight is 405 g/mol. The van der Waals surface area contributed by atoms with Gasteiger partial charge in [0.2, 0.25) is 0 Å². The molecular weight excluding hydrogens is 377 g/mol. The second kappa shape index (κ2) is 11.0. The summed E-state index contributed by atoms with van der Waals surface area (Å²) in [6.07, 6.45) is -0.189. The van der Waals surface area contributed by atoms with Crippen molar-refractivity contribution in [3.05, 3.63) is 47.8 Å². The van der Waals surface area contributed by atoms with Crippen LogP contribution in [0, 0.1) is 5.82 Å². The predicted octanol–water partition coefficient (Wildman–Crippen LogP) is 2.98. The lowest BCUT2D eigenvalue weighted by molar-refractivity contribution is 0.223. The summed E-state index contributed by atoms with van der Waals surface area (Å²) in [4.78, 5) is 4.21. The molecule has 1 atom stereocenters. The molecule has 0 heterocycles. The number of rotatable bonds is 9. The molecule has 0 fully saturated rings. The highest BCUT2D eigenvalue weighted by molar-refractivity contribution is 5.79. The summed E-state index contributed by atoms with van der Waals surface area (Å²) in [7, 11) is 6.44. The third-order valence-electron chi connectivity index (χ3n) is 4.15. The van der Waals surface area contributed by atoms with Gasteiger partial charge < -0.3 is 29.6 Å². The summed E-state index contributed by atoms with van der Waals surface area (Å²) < 4.78 is 35.1. The highest BCUT2D eigenvalue weighted by atomic mass is 19.1. The van der Waals surface area contributed by atoms with Gasteiger partial charge in [0.15, 0.2) is 17.5 Å². The standard InChI is InChI=1S/C21H28FN3O4/c1-14(29-17-8-6-7-16(22)10-17)12-24-21(23-2)25-13-15-9-19(27-4)20(28-5)11-18(15)26-3/h6-11,14H,12-13H2,1-5H3,(H2,23,24,25). The largest absolute Gasteiger partial charge is 0.496 e. The lowest BCUT2D eigenvalue weighted by atomic mass is 10.1. The first-order valence-corrected chi connectivity index (χ1v) is 9.16. The maximum absolute atomic E-state index is 13.3. The van der Waals surface area contributed by atoms with Crippen molar-refractivity contribution in [2.75, 3.05) is 34.9 Å². The molecule has 0 bridgehead atoms. The zero-order chi connectivity index (χ0) is 21.2. The Kier molecular flexibility index (Phi) is 8.39. The first kappa shape index (κ1) is 22.1. The van der Waals surface area contributed by atoms with Crippen LogP contribution in [0.5, 0.6) is 23.0 Å². The summed E-state index contributed by atoms with van der Waals surface area (Å²) in [6, 6.07) is 9.70. The Morgan fingerprint density at radius 2 is 1.69 bits per heavy atom. The van der Waals surface area contributed by atoms with Crippen molar-refractivity contribution >= 4 is 5.96 Å². The summed E-state index contributed by atoms with van der Waals surface area (Å²) in [6.45, 7) is 2.84. The van der Waals surface area contributed by atoms with E-state index in [1.54, 1.807) is 46.6 Å². The number of aliphatic imine (C=N–C) groups is 1. The van der Waals surface area contributed by atoms with Gasteiger partial charge in [-0.15, -0.1) is 0 Å². The molecule has 1 unspecified atom stereocenters. The molecule has 29 heavy (non-hydrogen) atoms. The summed E-state index contributed by atoms with van der Waals surface area (Å²) >= 11 is 0. The molecule has 2 aromatic rings. The van der Waals surface area contributed by atoms with E-state index < -0.39 is 0 Å². The highest BCUT2D eigenvalue weighted by Gasteiger charge is 2.13. The topological polar surface area (TPSA) is 73.3 Å². The van der Waals surface area contributed by atoms with Crippen molar-refractivity contribution in [2.24, 2.45) is 4.99 Å². The number of nitrogens with zero attached hydrogens (tertiary/aromatic N) is 1. The Hall–Kier alpha value is -3.16. The molecule has 0 saturated carbocycles. The molecule has 0 aliphatic rings. The maximum Gasteiger partial charge on any atom is 0.191 e. The molecule has 0 aliphatic carbocycles. The molecule has 0 saturated heterocycles.